The fourth-order valence-corrected chi connectivity index (χ4v) is 7.08. The smallest absolute Gasteiger partial charge is 0.255 e. The van der Waals surface area contributed by atoms with Crippen LogP contribution in [0.25, 0.3) is 0 Å². The Balaban J connectivity index is 0.000000184. The molecule has 3 saturated heterocycles. The number of carbonyl (C=O) groups excluding carboxylic acids is 5. The molecule has 4 heterocycles. The number of hydrogen-bond acceptors (Lipinski definition) is 8. The molecule has 0 aromatic heterocycles. The van der Waals surface area contributed by atoms with Gasteiger partial charge in [-0.05, 0) is 61.6 Å². The van der Waals surface area contributed by atoms with Crippen molar-refractivity contribution in [1.82, 2.24) is 19.8 Å². The number of piperidine rings is 1. The van der Waals surface area contributed by atoms with Crippen molar-refractivity contribution < 1.29 is 42.0 Å². The van der Waals surface area contributed by atoms with Crippen LogP contribution in [0.15, 0.2) is 30.3 Å². The Labute approximate surface area is 266 Å². The number of imide groups is 1. The molecule has 6 rings (SSSR count). The van der Waals surface area contributed by atoms with Crippen LogP contribution in [0.4, 0.5) is 20.3 Å². The fraction of sp³-hybridized carbons (Fsp3) is 0.433. The summed E-state index contributed by atoms with van der Waals surface area (Å²) in [6.07, 6.45) is 3.97. The van der Waals surface area contributed by atoms with Crippen molar-refractivity contribution in [2.75, 3.05) is 35.8 Å². The molecule has 0 aliphatic carbocycles. The first kappa shape index (κ1) is 32.9. The van der Waals surface area contributed by atoms with Crippen LogP contribution in [0.3, 0.4) is 0 Å². The van der Waals surface area contributed by atoms with Crippen LogP contribution in [0.1, 0.15) is 54.1 Å². The van der Waals surface area contributed by atoms with E-state index in [1.165, 1.54) is 23.5 Å². The molecule has 3 N–H and O–H groups in total. The van der Waals surface area contributed by atoms with E-state index < -0.39 is 34.8 Å². The summed E-state index contributed by atoms with van der Waals surface area (Å²) < 4.78 is 42.3. The number of halogens is 2. The van der Waals surface area contributed by atoms with Crippen LogP contribution >= 0.6 is 0 Å². The first-order valence-corrected chi connectivity index (χ1v) is 16.0. The van der Waals surface area contributed by atoms with E-state index in [9.17, 15) is 37.1 Å². The molecule has 246 valence electrons. The highest BCUT2D eigenvalue weighted by Gasteiger charge is 2.40. The molecule has 4 aliphatic heterocycles. The molecule has 0 radical (unpaired) electrons. The summed E-state index contributed by atoms with van der Waals surface area (Å²) in [6, 6.07) is 7.08. The molecule has 46 heavy (non-hydrogen) atoms. The number of benzene rings is 2. The van der Waals surface area contributed by atoms with E-state index in [0.29, 0.717) is 47.5 Å². The Morgan fingerprint density at radius 3 is 2.59 bits per heavy atom. The summed E-state index contributed by atoms with van der Waals surface area (Å²) in [7, 11) is 0. The molecule has 13 nitrogen and oxygen atoms in total. The number of nitrogens with zero attached hydrogens (tertiary/aromatic N) is 3. The minimum atomic E-state index is -1.94. The van der Waals surface area contributed by atoms with E-state index in [2.05, 4.69) is 32.1 Å². The Hall–Kier alpha value is -4.44. The Morgan fingerprint density at radius 2 is 1.93 bits per heavy atom. The third-order valence-corrected chi connectivity index (χ3v) is 9.68. The largest absolute Gasteiger partial charge is 0.328 e. The SMILES string of the molecule is CCC1CCN(CCc2cc(F)c(N3CC(=O)NS3=O)c(OF)c2)C1.O=CNc1cccc2c1CN(C1CCC(=O)NC1=O)C2=O. The van der Waals surface area contributed by atoms with Crippen molar-refractivity contribution in [3.05, 3.63) is 52.8 Å². The fourth-order valence-electron chi connectivity index (χ4n) is 6.13. The van der Waals surface area contributed by atoms with Gasteiger partial charge in [-0.2, -0.15) is 0 Å². The zero-order valence-corrected chi connectivity index (χ0v) is 25.9. The highest BCUT2D eigenvalue weighted by Crippen LogP contribution is 2.35. The van der Waals surface area contributed by atoms with Gasteiger partial charge >= 0.3 is 0 Å². The maximum absolute atomic E-state index is 14.5. The van der Waals surface area contributed by atoms with Gasteiger partial charge in [0, 0.05) is 47.4 Å². The van der Waals surface area contributed by atoms with Gasteiger partial charge in [0.05, 0.1) is 0 Å². The Bertz CT molecular complexity index is 1580. The molecule has 3 unspecified atom stereocenters. The summed E-state index contributed by atoms with van der Waals surface area (Å²) >= 11 is -1.94. The van der Waals surface area contributed by atoms with Crippen LogP contribution in [-0.4, -0.2) is 76.3 Å². The van der Waals surface area contributed by atoms with Crippen LogP contribution in [0.2, 0.25) is 0 Å². The Morgan fingerprint density at radius 1 is 1.13 bits per heavy atom. The van der Waals surface area contributed by atoms with Crippen LogP contribution < -0.4 is 24.6 Å². The van der Waals surface area contributed by atoms with E-state index in [1.54, 1.807) is 18.2 Å². The molecule has 4 aliphatic rings. The van der Waals surface area contributed by atoms with E-state index in [1.807, 2.05) is 0 Å². The van der Waals surface area contributed by atoms with Gasteiger partial charge in [0.1, 0.15) is 18.3 Å². The molecular formula is C30H34F2N6O7S. The van der Waals surface area contributed by atoms with Gasteiger partial charge < -0.3 is 15.1 Å². The van der Waals surface area contributed by atoms with Crippen molar-refractivity contribution in [2.24, 2.45) is 5.92 Å². The zero-order valence-electron chi connectivity index (χ0n) is 25.1. The second-order valence-corrected chi connectivity index (χ2v) is 12.6. The van der Waals surface area contributed by atoms with Gasteiger partial charge in [0.15, 0.2) is 11.6 Å². The average Bonchev–Trinajstić information content (AvgIpc) is 3.73. The minimum absolute atomic E-state index is 0.218. The molecule has 0 saturated carbocycles. The third kappa shape index (κ3) is 7.02. The van der Waals surface area contributed by atoms with Crippen molar-refractivity contribution >= 4 is 52.6 Å². The predicted molar refractivity (Wildman–Crippen MR) is 162 cm³/mol. The molecule has 0 spiro atoms. The van der Waals surface area contributed by atoms with E-state index in [-0.39, 0.29) is 42.8 Å². The number of anilines is 2. The Kier molecular flexibility index (Phi) is 10.3. The molecule has 2 aromatic rings. The molecule has 0 bridgehead atoms. The quantitative estimate of drug-likeness (QED) is 0.272. The van der Waals surface area contributed by atoms with Gasteiger partial charge in [0.2, 0.25) is 29.4 Å². The number of amides is 5. The lowest BCUT2D eigenvalue weighted by Gasteiger charge is -2.29. The number of fused-ring (bicyclic) bond motifs is 1. The number of hydrogen-bond donors (Lipinski definition) is 3. The van der Waals surface area contributed by atoms with E-state index >= 15 is 0 Å². The van der Waals surface area contributed by atoms with Crippen molar-refractivity contribution in [2.45, 2.75) is 51.6 Å². The van der Waals surface area contributed by atoms with Crippen LogP contribution in [0.5, 0.6) is 5.75 Å². The van der Waals surface area contributed by atoms with Crippen molar-refractivity contribution in [1.29, 1.82) is 0 Å². The molecular weight excluding hydrogens is 626 g/mol. The summed E-state index contributed by atoms with van der Waals surface area (Å²) in [4.78, 5) is 65.0. The lowest BCUT2D eigenvalue weighted by Crippen LogP contribution is -2.52. The number of carbonyl (C=O) groups is 5. The molecule has 5 amide bonds. The summed E-state index contributed by atoms with van der Waals surface area (Å²) in [6.45, 7) is 4.92. The second-order valence-electron chi connectivity index (χ2n) is 11.4. The maximum Gasteiger partial charge on any atom is 0.255 e. The standard InChI is InChI=1S/C16H21F2N3O3S.C14H13N3O4/c1-2-11-3-5-20(9-11)6-4-12-7-13(17)16(14(8-12)24-18)21-10-15(22)19-25(21)23;18-7-15-10-3-1-2-8-9(10)6-17(14(8)21)11-4-5-12(19)16-13(11)20/h7-8,11H,2-6,9-10H2,1H3,(H,19,22);1-3,7,11H,4-6H2,(H,15,18)(H,16,19,20). The van der Waals surface area contributed by atoms with E-state index in [0.717, 1.165) is 30.4 Å². The summed E-state index contributed by atoms with van der Waals surface area (Å²) in [5.41, 5.74) is 2.02. The first-order chi connectivity index (χ1) is 22.1. The molecule has 3 atom stereocenters. The summed E-state index contributed by atoms with van der Waals surface area (Å²) in [5, 5.41) is 4.81. The summed E-state index contributed by atoms with van der Waals surface area (Å²) in [5.74, 6) is -1.96. The van der Waals surface area contributed by atoms with Gasteiger partial charge in [-0.1, -0.05) is 19.4 Å². The number of likely N-dealkylation sites (tertiary alicyclic amines) is 1. The molecule has 2 aromatic carbocycles. The highest BCUT2D eigenvalue weighted by molar-refractivity contribution is 7.85. The third-order valence-electron chi connectivity index (χ3n) is 8.57. The minimum Gasteiger partial charge on any atom is -0.328 e. The molecule has 16 heteroatoms. The first-order valence-electron chi connectivity index (χ1n) is 14.9. The van der Waals surface area contributed by atoms with Crippen molar-refractivity contribution in [3.63, 3.8) is 0 Å². The normalized spacial score (nSPS) is 22.6. The average molecular weight is 661 g/mol. The van der Waals surface area contributed by atoms with Crippen molar-refractivity contribution in [3.8, 4) is 5.75 Å². The number of nitrogens with one attached hydrogen (secondary N) is 3. The van der Waals surface area contributed by atoms with Gasteiger partial charge in [0.25, 0.3) is 11.8 Å². The lowest BCUT2D eigenvalue weighted by molar-refractivity contribution is -0.137. The van der Waals surface area contributed by atoms with Gasteiger partial charge in [-0.25, -0.2) is 8.60 Å². The molecule has 3 fully saturated rings. The highest BCUT2D eigenvalue weighted by atomic mass is 32.2. The predicted octanol–water partition coefficient (Wildman–Crippen LogP) is 1.89. The van der Waals surface area contributed by atoms with Gasteiger partial charge in [-0.15, -0.1) is 0 Å². The number of rotatable bonds is 9. The second kappa shape index (κ2) is 14.3. The lowest BCUT2D eigenvalue weighted by atomic mass is 10.0. The zero-order chi connectivity index (χ0) is 33.0. The topological polar surface area (TPSA) is 157 Å². The van der Waals surface area contributed by atoms with Crippen LogP contribution in [-0.2, 0) is 43.3 Å². The van der Waals surface area contributed by atoms with E-state index in [4.69, 9.17) is 0 Å². The van der Waals surface area contributed by atoms with Gasteiger partial charge in [-0.3, -0.25) is 43.3 Å². The van der Waals surface area contributed by atoms with Crippen LogP contribution in [0, 0.1) is 11.7 Å². The monoisotopic (exact) mass is 660 g/mol. The maximum atomic E-state index is 14.5.